The van der Waals surface area contributed by atoms with Crippen molar-refractivity contribution in [2.45, 2.75) is 6.92 Å². The molecular formula is C11H7Br2FN2O3. The number of hydrogen-bond donors (Lipinski definition) is 2. The maximum absolute atomic E-state index is 13.4. The zero-order valence-electron chi connectivity index (χ0n) is 9.50. The molecule has 0 atom stereocenters. The van der Waals surface area contributed by atoms with Crippen LogP contribution in [0.5, 0.6) is 5.88 Å². The Morgan fingerprint density at radius 3 is 2.32 bits per heavy atom. The maximum atomic E-state index is 13.4. The summed E-state index contributed by atoms with van der Waals surface area (Å²) >= 11 is 6.46. The van der Waals surface area contributed by atoms with Gasteiger partial charge in [-0.15, -0.1) is 0 Å². The first kappa shape index (κ1) is 14.0. The Labute approximate surface area is 123 Å². The lowest BCUT2D eigenvalue weighted by molar-refractivity contribution is 0.385. The molecule has 0 fully saturated rings. The van der Waals surface area contributed by atoms with Crippen LogP contribution in [0.2, 0.25) is 0 Å². The Hall–Kier alpha value is -1.41. The number of H-pyrrole nitrogens is 1. The topological polar surface area (TPSA) is 75.1 Å². The van der Waals surface area contributed by atoms with Gasteiger partial charge in [0, 0.05) is 8.95 Å². The molecule has 0 unspecified atom stereocenters. The molecule has 2 aromatic rings. The highest BCUT2D eigenvalue weighted by molar-refractivity contribution is 9.11. The van der Waals surface area contributed by atoms with Crippen LogP contribution in [0.4, 0.5) is 4.39 Å². The minimum absolute atomic E-state index is 0.197. The molecule has 0 saturated carbocycles. The van der Waals surface area contributed by atoms with E-state index < -0.39 is 22.9 Å². The molecule has 2 rings (SSSR count). The van der Waals surface area contributed by atoms with Gasteiger partial charge in [-0.3, -0.25) is 9.78 Å². The SMILES string of the molecule is Cc1cc(Br)c(-n2c(O)c(F)c(=O)[nH]c2=O)c(Br)c1. The summed E-state index contributed by atoms with van der Waals surface area (Å²) in [6, 6.07) is 3.38. The molecular weight excluding hydrogens is 387 g/mol. The molecule has 100 valence electrons. The predicted molar refractivity (Wildman–Crippen MR) is 74.4 cm³/mol. The monoisotopic (exact) mass is 392 g/mol. The zero-order valence-corrected chi connectivity index (χ0v) is 12.7. The largest absolute Gasteiger partial charge is 0.492 e. The zero-order chi connectivity index (χ0) is 14.3. The molecule has 2 N–H and O–H groups in total. The first-order valence-electron chi connectivity index (χ1n) is 5.02. The van der Waals surface area contributed by atoms with Gasteiger partial charge in [0.2, 0.25) is 11.7 Å². The van der Waals surface area contributed by atoms with Crippen LogP contribution >= 0.6 is 31.9 Å². The minimum atomic E-state index is -1.42. The molecule has 1 aromatic carbocycles. The summed E-state index contributed by atoms with van der Waals surface area (Å²) in [6.45, 7) is 1.83. The average Bonchev–Trinajstić information content (AvgIpc) is 2.29. The van der Waals surface area contributed by atoms with Crippen LogP contribution in [-0.2, 0) is 0 Å². The molecule has 0 bridgehead atoms. The van der Waals surface area contributed by atoms with Crippen LogP contribution in [0.3, 0.4) is 0 Å². The van der Waals surface area contributed by atoms with Gasteiger partial charge in [0.15, 0.2) is 0 Å². The van der Waals surface area contributed by atoms with Gasteiger partial charge in [0.25, 0.3) is 5.56 Å². The Morgan fingerprint density at radius 1 is 1.26 bits per heavy atom. The van der Waals surface area contributed by atoms with Crippen molar-refractivity contribution < 1.29 is 9.50 Å². The number of hydrogen-bond acceptors (Lipinski definition) is 3. The van der Waals surface area contributed by atoms with E-state index in [9.17, 15) is 19.1 Å². The van der Waals surface area contributed by atoms with E-state index in [-0.39, 0.29) is 5.69 Å². The second-order valence-electron chi connectivity index (χ2n) is 3.81. The Kier molecular flexibility index (Phi) is 3.64. The van der Waals surface area contributed by atoms with Crippen molar-refractivity contribution in [3.8, 4) is 11.6 Å². The van der Waals surface area contributed by atoms with Crippen molar-refractivity contribution >= 4 is 31.9 Å². The predicted octanol–water partition coefficient (Wildman–Crippen LogP) is 2.20. The third-order valence-electron chi connectivity index (χ3n) is 2.42. The van der Waals surface area contributed by atoms with E-state index in [1.807, 2.05) is 6.92 Å². The summed E-state index contributed by atoms with van der Waals surface area (Å²) in [6.07, 6.45) is 0. The normalized spacial score (nSPS) is 10.7. The molecule has 0 aliphatic rings. The van der Waals surface area contributed by atoms with E-state index in [4.69, 9.17) is 0 Å². The van der Waals surface area contributed by atoms with E-state index in [0.29, 0.717) is 13.5 Å². The van der Waals surface area contributed by atoms with Crippen LogP contribution in [0, 0.1) is 12.7 Å². The first-order chi connectivity index (χ1) is 8.82. The number of halogens is 3. The minimum Gasteiger partial charge on any atom is -0.492 e. The van der Waals surface area contributed by atoms with E-state index in [1.165, 1.54) is 0 Å². The summed E-state index contributed by atoms with van der Waals surface area (Å²) in [5.41, 5.74) is -1.12. The summed E-state index contributed by atoms with van der Waals surface area (Å²) in [5, 5.41) is 9.66. The lowest BCUT2D eigenvalue weighted by Gasteiger charge is -2.12. The molecule has 5 nitrogen and oxygen atoms in total. The smallest absolute Gasteiger partial charge is 0.336 e. The summed E-state index contributed by atoms with van der Waals surface area (Å²) in [5.74, 6) is -2.46. The number of aromatic hydroxyl groups is 1. The Balaban J connectivity index is 2.92. The fourth-order valence-corrected chi connectivity index (χ4v) is 3.39. The first-order valence-corrected chi connectivity index (χ1v) is 6.61. The van der Waals surface area contributed by atoms with Gasteiger partial charge in [-0.2, -0.15) is 4.39 Å². The molecule has 1 aromatic heterocycles. The highest BCUT2D eigenvalue weighted by Crippen LogP contribution is 2.32. The summed E-state index contributed by atoms with van der Waals surface area (Å²) in [7, 11) is 0. The van der Waals surface area contributed by atoms with Gasteiger partial charge in [0.1, 0.15) is 0 Å². The van der Waals surface area contributed by atoms with E-state index in [2.05, 4.69) is 31.9 Å². The lowest BCUT2D eigenvalue weighted by atomic mass is 10.2. The fourth-order valence-electron chi connectivity index (χ4n) is 1.62. The van der Waals surface area contributed by atoms with Crippen LogP contribution in [0.1, 0.15) is 5.56 Å². The quantitative estimate of drug-likeness (QED) is 0.779. The molecule has 0 radical (unpaired) electrons. The Bertz CT molecular complexity index is 759. The molecule has 0 aliphatic carbocycles. The van der Waals surface area contributed by atoms with Gasteiger partial charge in [-0.25, -0.2) is 9.36 Å². The highest BCUT2D eigenvalue weighted by Gasteiger charge is 2.19. The molecule has 19 heavy (non-hydrogen) atoms. The van der Waals surface area contributed by atoms with Crippen molar-refractivity contribution in [2.24, 2.45) is 0 Å². The maximum Gasteiger partial charge on any atom is 0.336 e. The molecule has 0 spiro atoms. The third-order valence-corrected chi connectivity index (χ3v) is 3.62. The van der Waals surface area contributed by atoms with Crippen molar-refractivity contribution in [3.05, 3.63) is 53.3 Å². The van der Waals surface area contributed by atoms with Crippen LogP contribution in [-0.4, -0.2) is 14.7 Å². The number of nitrogens with zero attached hydrogens (tertiary/aromatic N) is 1. The summed E-state index contributed by atoms with van der Waals surface area (Å²) < 4.78 is 15.0. The molecule has 0 amide bonds. The second-order valence-corrected chi connectivity index (χ2v) is 5.52. The highest BCUT2D eigenvalue weighted by atomic mass is 79.9. The number of aromatic amines is 1. The molecule has 1 heterocycles. The number of aryl methyl sites for hydroxylation is 1. The van der Waals surface area contributed by atoms with E-state index in [0.717, 1.165) is 5.56 Å². The fraction of sp³-hybridized carbons (Fsp3) is 0.0909. The van der Waals surface area contributed by atoms with Crippen LogP contribution < -0.4 is 11.2 Å². The second kappa shape index (κ2) is 4.93. The van der Waals surface area contributed by atoms with Crippen molar-refractivity contribution in [1.82, 2.24) is 9.55 Å². The van der Waals surface area contributed by atoms with Gasteiger partial charge in [0.05, 0.1) is 5.69 Å². The number of benzene rings is 1. The van der Waals surface area contributed by atoms with Gasteiger partial charge in [-0.05, 0) is 56.5 Å². The van der Waals surface area contributed by atoms with Crippen molar-refractivity contribution in [3.63, 3.8) is 0 Å². The van der Waals surface area contributed by atoms with Crippen LogP contribution in [0.15, 0.2) is 30.7 Å². The van der Waals surface area contributed by atoms with E-state index >= 15 is 0 Å². The van der Waals surface area contributed by atoms with E-state index in [1.54, 1.807) is 17.1 Å². The van der Waals surface area contributed by atoms with Crippen molar-refractivity contribution in [1.29, 1.82) is 0 Å². The summed E-state index contributed by atoms with van der Waals surface area (Å²) in [4.78, 5) is 24.6. The number of rotatable bonds is 1. The molecule has 0 saturated heterocycles. The van der Waals surface area contributed by atoms with Gasteiger partial charge in [-0.1, -0.05) is 0 Å². The third kappa shape index (κ3) is 2.37. The lowest BCUT2D eigenvalue weighted by Crippen LogP contribution is -2.31. The number of nitrogens with one attached hydrogen (secondary N) is 1. The Morgan fingerprint density at radius 2 is 1.79 bits per heavy atom. The standard InChI is InChI=1S/C11H7Br2FN2O3/c1-4-2-5(12)8(6(13)3-4)16-10(18)7(14)9(17)15-11(16)19/h2-3,18H,1H3,(H,15,17,19). The van der Waals surface area contributed by atoms with Crippen LogP contribution in [0.25, 0.3) is 5.69 Å². The molecule has 0 aliphatic heterocycles. The molecule has 8 heteroatoms. The van der Waals surface area contributed by atoms with Gasteiger partial charge >= 0.3 is 5.69 Å². The average molecular weight is 394 g/mol. The number of aromatic nitrogens is 2. The van der Waals surface area contributed by atoms with Gasteiger partial charge < -0.3 is 5.11 Å². The van der Waals surface area contributed by atoms with Crippen molar-refractivity contribution in [2.75, 3.05) is 0 Å².